The lowest BCUT2D eigenvalue weighted by Gasteiger charge is -2.16. The van der Waals surface area contributed by atoms with Gasteiger partial charge in [-0.3, -0.25) is 4.98 Å². The fraction of sp³-hybridized carbons (Fsp3) is 0.353. The third-order valence-corrected chi connectivity index (χ3v) is 3.79. The van der Waals surface area contributed by atoms with Crippen LogP contribution in [0.15, 0.2) is 47.1 Å². The van der Waals surface area contributed by atoms with Crippen LogP contribution in [0.1, 0.15) is 37.6 Å². The number of pyridine rings is 1. The number of hydrogen-bond donors (Lipinski definition) is 1. The maximum atomic E-state index is 5.76. The summed E-state index contributed by atoms with van der Waals surface area (Å²) in [5, 5.41) is 3.48. The highest BCUT2D eigenvalue weighted by molar-refractivity contribution is 9.10. The van der Waals surface area contributed by atoms with Crippen molar-refractivity contribution in [2.75, 3.05) is 6.54 Å². The lowest BCUT2D eigenvalue weighted by atomic mass is 10.0. The van der Waals surface area contributed by atoms with Crippen LogP contribution in [0.25, 0.3) is 0 Å². The van der Waals surface area contributed by atoms with Gasteiger partial charge in [-0.1, -0.05) is 26.0 Å². The molecule has 0 aliphatic heterocycles. The third-order valence-electron chi connectivity index (χ3n) is 3.32. The molecule has 0 saturated carbocycles. The Kier molecular flexibility index (Phi) is 6.21. The van der Waals surface area contributed by atoms with Gasteiger partial charge in [-0.2, -0.15) is 0 Å². The summed E-state index contributed by atoms with van der Waals surface area (Å²) in [6.45, 7) is 5.78. The minimum absolute atomic E-state index is 0.414. The van der Waals surface area contributed by atoms with Crippen LogP contribution in [-0.4, -0.2) is 11.5 Å². The second kappa shape index (κ2) is 8.15. The Balaban J connectivity index is 1.94. The molecule has 0 spiro atoms. The summed E-state index contributed by atoms with van der Waals surface area (Å²) in [6.07, 6.45) is 2.86. The van der Waals surface area contributed by atoms with Crippen molar-refractivity contribution < 1.29 is 4.74 Å². The average Bonchev–Trinajstić information content (AvgIpc) is 2.53. The van der Waals surface area contributed by atoms with Crippen molar-refractivity contribution >= 4 is 15.9 Å². The molecule has 0 aliphatic carbocycles. The summed E-state index contributed by atoms with van der Waals surface area (Å²) >= 11 is 3.37. The predicted octanol–water partition coefficient (Wildman–Crippen LogP) is 4.48. The Labute approximate surface area is 134 Å². The normalized spacial score (nSPS) is 12.1. The van der Waals surface area contributed by atoms with Gasteiger partial charge in [0.15, 0.2) is 0 Å². The molecular formula is C17H21BrN2O. The molecule has 1 unspecified atom stereocenters. The van der Waals surface area contributed by atoms with Gasteiger partial charge in [0.05, 0.1) is 5.69 Å². The maximum absolute atomic E-state index is 5.76. The Hall–Kier alpha value is -1.39. The van der Waals surface area contributed by atoms with E-state index in [9.17, 15) is 0 Å². The molecule has 1 N–H and O–H groups in total. The number of hydrogen-bond acceptors (Lipinski definition) is 3. The van der Waals surface area contributed by atoms with Gasteiger partial charge in [0, 0.05) is 16.7 Å². The van der Waals surface area contributed by atoms with E-state index >= 15 is 0 Å². The maximum Gasteiger partial charge on any atom is 0.130 e. The van der Waals surface area contributed by atoms with Crippen LogP contribution in [0.5, 0.6) is 5.75 Å². The topological polar surface area (TPSA) is 34.1 Å². The molecule has 1 heterocycles. The monoisotopic (exact) mass is 348 g/mol. The summed E-state index contributed by atoms with van der Waals surface area (Å²) in [5.74, 6) is 0.870. The lowest BCUT2D eigenvalue weighted by Crippen LogP contribution is -2.19. The van der Waals surface area contributed by atoms with Gasteiger partial charge in [0.25, 0.3) is 0 Å². The van der Waals surface area contributed by atoms with Gasteiger partial charge < -0.3 is 10.1 Å². The molecule has 0 fully saturated rings. The fourth-order valence-corrected chi connectivity index (χ4v) is 2.42. The van der Waals surface area contributed by atoms with E-state index in [-0.39, 0.29) is 0 Å². The van der Waals surface area contributed by atoms with Crippen molar-refractivity contribution in [3.8, 4) is 5.75 Å². The van der Waals surface area contributed by atoms with E-state index in [2.05, 4.69) is 52.2 Å². The molecule has 0 aliphatic rings. The first-order chi connectivity index (χ1) is 10.2. The zero-order chi connectivity index (χ0) is 15.1. The van der Waals surface area contributed by atoms with Crippen molar-refractivity contribution in [3.63, 3.8) is 0 Å². The predicted molar refractivity (Wildman–Crippen MR) is 89.4 cm³/mol. The Bertz CT molecular complexity index is 540. The molecular weight excluding hydrogens is 328 g/mol. The first-order valence-electron chi connectivity index (χ1n) is 7.29. The second-order valence-corrected chi connectivity index (χ2v) is 5.76. The molecule has 21 heavy (non-hydrogen) atoms. The Morgan fingerprint density at radius 2 is 1.90 bits per heavy atom. The molecule has 0 saturated heterocycles. The van der Waals surface area contributed by atoms with Crippen LogP contribution < -0.4 is 10.1 Å². The molecule has 2 aromatic rings. The lowest BCUT2D eigenvalue weighted by molar-refractivity contribution is 0.301. The fourth-order valence-electron chi connectivity index (χ4n) is 2.19. The quantitative estimate of drug-likeness (QED) is 0.800. The summed E-state index contributed by atoms with van der Waals surface area (Å²) in [7, 11) is 0. The van der Waals surface area contributed by atoms with Crippen molar-refractivity contribution in [1.29, 1.82) is 0 Å². The third kappa shape index (κ3) is 4.83. The van der Waals surface area contributed by atoms with Crippen LogP contribution in [0.3, 0.4) is 0 Å². The molecule has 0 radical (unpaired) electrons. The van der Waals surface area contributed by atoms with E-state index in [1.807, 2.05) is 24.3 Å². The highest BCUT2D eigenvalue weighted by Gasteiger charge is 2.07. The molecule has 0 amide bonds. The minimum atomic E-state index is 0.414. The average molecular weight is 349 g/mol. The molecule has 0 bridgehead atoms. The standard InChI is InChI=1S/C17H21BrN2O/c1-3-17(19-4-2)13-5-9-16(10-6-13)21-12-15-8-7-14(18)11-20-15/h5-11,17,19H,3-4,12H2,1-2H3. The largest absolute Gasteiger partial charge is 0.487 e. The smallest absolute Gasteiger partial charge is 0.130 e. The summed E-state index contributed by atoms with van der Waals surface area (Å²) in [6, 6.07) is 12.6. The molecule has 3 nitrogen and oxygen atoms in total. The second-order valence-electron chi connectivity index (χ2n) is 4.84. The zero-order valence-corrected chi connectivity index (χ0v) is 14.1. The molecule has 1 aromatic carbocycles. The highest BCUT2D eigenvalue weighted by Crippen LogP contribution is 2.20. The van der Waals surface area contributed by atoms with E-state index in [4.69, 9.17) is 4.74 Å². The molecule has 112 valence electrons. The number of nitrogens with one attached hydrogen (secondary N) is 1. The van der Waals surface area contributed by atoms with Crippen LogP contribution in [0.4, 0.5) is 0 Å². The van der Waals surface area contributed by atoms with Crippen molar-refractivity contribution in [2.45, 2.75) is 32.9 Å². The molecule has 1 atom stereocenters. The number of nitrogens with zero attached hydrogens (tertiary/aromatic N) is 1. The number of benzene rings is 1. The molecule has 4 heteroatoms. The Morgan fingerprint density at radius 3 is 2.48 bits per heavy atom. The first kappa shape index (κ1) is 16.0. The minimum Gasteiger partial charge on any atom is -0.487 e. The van der Waals surface area contributed by atoms with Crippen LogP contribution in [0.2, 0.25) is 0 Å². The van der Waals surface area contributed by atoms with Gasteiger partial charge in [0.1, 0.15) is 12.4 Å². The number of aromatic nitrogens is 1. The van der Waals surface area contributed by atoms with Crippen molar-refractivity contribution in [2.24, 2.45) is 0 Å². The number of ether oxygens (including phenoxy) is 1. The van der Waals surface area contributed by atoms with Gasteiger partial charge >= 0.3 is 0 Å². The zero-order valence-electron chi connectivity index (χ0n) is 12.5. The summed E-state index contributed by atoms with van der Waals surface area (Å²) in [5.41, 5.74) is 2.22. The summed E-state index contributed by atoms with van der Waals surface area (Å²) < 4.78 is 6.74. The Morgan fingerprint density at radius 1 is 1.14 bits per heavy atom. The number of rotatable bonds is 7. The van der Waals surface area contributed by atoms with E-state index in [1.165, 1.54) is 5.56 Å². The van der Waals surface area contributed by atoms with E-state index in [0.29, 0.717) is 12.6 Å². The van der Waals surface area contributed by atoms with Crippen LogP contribution in [0, 0.1) is 0 Å². The van der Waals surface area contributed by atoms with Crippen molar-refractivity contribution in [3.05, 3.63) is 58.3 Å². The SMILES string of the molecule is CCNC(CC)c1ccc(OCc2ccc(Br)cn2)cc1. The van der Waals surface area contributed by atoms with Crippen LogP contribution >= 0.6 is 15.9 Å². The highest BCUT2D eigenvalue weighted by atomic mass is 79.9. The molecule has 2 rings (SSSR count). The molecule has 1 aromatic heterocycles. The number of halogens is 1. The van der Waals surface area contributed by atoms with E-state index in [1.54, 1.807) is 6.20 Å². The van der Waals surface area contributed by atoms with E-state index < -0.39 is 0 Å². The van der Waals surface area contributed by atoms with Gasteiger partial charge in [-0.25, -0.2) is 0 Å². The van der Waals surface area contributed by atoms with Crippen molar-refractivity contribution in [1.82, 2.24) is 10.3 Å². The first-order valence-corrected chi connectivity index (χ1v) is 8.08. The van der Waals surface area contributed by atoms with Gasteiger partial charge in [-0.15, -0.1) is 0 Å². The summed E-state index contributed by atoms with van der Waals surface area (Å²) in [4.78, 5) is 4.29. The van der Waals surface area contributed by atoms with Gasteiger partial charge in [0.2, 0.25) is 0 Å². The van der Waals surface area contributed by atoms with Crippen LogP contribution in [-0.2, 0) is 6.61 Å². The van der Waals surface area contributed by atoms with Gasteiger partial charge in [-0.05, 0) is 58.7 Å². The van der Waals surface area contributed by atoms with E-state index in [0.717, 1.165) is 28.9 Å².